The fourth-order valence-corrected chi connectivity index (χ4v) is 8.83. The van der Waals surface area contributed by atoms with Crippen LogP contribution >= 0.6 is 0 Å². The number of benzene rings is 4. The Labute approximate surface area is 216 Å². The van der Waals surface area contributed by atoms with Crippen LogP contribution in [0.5, 0.6) is 0 Å². The standard InChI is InChI=1S/C35H31N2/c1-19-24-7-4-5-8-25(24)20(2)33-30(19)35-31-22(15-16-36(35)3)13-14-27-32-26(28-18-21-11-12-23(28)17-21)9-6-10-29(32)37(33)34(27)31/h4-10,13-16,21,23,28H,11-12,17-18H2,1-3H3/q+1. The molecule has 2 aliphatic carbocycles. The number of aromatic nitrogens is 2. The fourth-order valence-electron chi connectivity index (χ4n) is 8.83. The maximum atomic E-state index is 2.65. The molecule has 0 aliphatic heterocycles. The van der Waals surface area contributed by atoms with Crippen molar-refractivity contribution in [2.45, 2.75) is 45.4 Å². The lowest BCUT2D eigenvalue weighted by atomic mass is 9.81. The van der Waals surface area contributed by atoms with E-state index in [9.17, 15) is 0 Å². The van der Waals surface area contributed by atoms with Crippen molar-refractivity contribution in [1.29, 1.82) is 0 Å². The topological polar surface area (TPSA) is 8.29 Å². The number of nitrogens with zero attached hydrogens (tertiary/aromatic N) is 2. The van der Waals surface area contributed by atoms with Crippen molar-refractivity contribution in [1.82, 2.24) is 4.40 Å². The summed E-state index contributed by atoms with van der Waals surface area (Å²) in [5, 5.41) is 9.81. The van der Waals surface area contributed by atoms with E-state index in [1.165, 1.54) is 96.6 Å². The SMILES string of the molecule is Cc1c2ccccc2c(C)c2c1c1c3c(ccc4c5c(C6CC7CCC6C7)cccc5n2c43)cc[n+]1C. The van der Waals surface area contributed by atoms with Gasteiger partial charge in [0, 0.05) is 16.8 Å². The predicted molar refractivity (Wildman–Crippen MR) is 155 cm³/mol. The first-order chi connectivity index (χ1) is 18.1. The van der Waals surface area contributed by atoms with Gasteiger partial charge < -0.3 is 4.40 Å². The van der Waals surface area contributed by atoms with Crippen molar-refractivity contribution in [3.05, 3.63) is 83.6 Å². The van der Waals surface area contributed by atoms with Gasteiger partial charge in [-0.1, -0.05) is 55.0 Å². The maximum Gasteiger partial charge on any atom is 0.224 e. The van der Waals surface area contributed by atoms with E-state index in [2.05, 4.69) is 96.7 Å². The van der Waals surface area contributed by atoms with Gasteiger partial charge in [0.2, 0.25) is 5.52 Å². The third-order valence-electron chi connectivity index (χ3n) is 10.4. The zero-order valence-corrected chi connectivity index (χ0v) is 21.8. The number of rotatable bonds is 1. The molecule has 2 heteroatoms. The smallest absolute Gasteiger partial charge is 0.224 e. The molecule has 0 spiro atoms. The summed E-state index contributed by atoms with van der Waals surface area (Å²) in [4.78, 5) is 0. The minimum atomic E-state index is 0.711. The van der Waals surface area contributed by atoms with Crippen LogP contribution in [-0.2, 0) is 7.05 Å². The van der Waals surface area contributed by atoms with E-state index in [-0.39, 0.29) is 0 Å². The fraction of sp³-hybridized carbons (Fsp3) is 0.286. The van der Waals surface area contributed by atoms with E-state index in [4.69, 9.17) is 0 Å². The van der Waals surface area contributed by atoms with Crippen molar-refractivity contribution in [3.63, 3.8) is 0 Å². The Morgan fingerprint density at radius 2 is 1.57 bits per heavy atom. The lowest BCUT2D eigenvalue weighted by molar-refractivity contribution is -0.643. The highest BCUT2D eigenvalue weighted by molar-refractivity contribution is 6.29. The molecule has 0 radical (unpaired) electrons. The molecule has 3 aromatic heterocycles. The van der Waals surface area contributed by atoms with Gasteiger partial charge in [0.05, 0.1) is 27.3 Å². The van der Waals surface area contributed by atoms with Crippen LogP contribution < -0.4 is 4.57 Å². The molecule has 0 amide bonds. The molecule has 0 saturated heterocycles. The van der Waals surface area contributed by atoms with Crippen molar-refractivity contribution >= 4 is 59.8 Å². The van der Waals surface area contributed by atoms with Gasteiger partial charge in [-0.25, -0.2) is 4.57 Å². The van der Waals surface area contributed by atoms with Crippen molar-refractivity contribution in [2.24, 2.45) is 18.9 Å². The Hall–Kier alpha value is -3.65. The molecule has 2 aliphatic rings. The highest BCUT2D eigenvalue weighted by Crippen LogP contribution is 2.55. The van der Waals surface area contributed by atoms with Crippen LogP contribution in [-0.4, -0.2) is 4.40 Å². The van der Waals surface area contributed by atoms with Crippen LogP contribution in [0.1, 0.15) is 48.3 Å². The Bertz CT molecular complexity index is 2090. The molecule has 3 unspecified atom stereocenters. The summed E-state index contributed by atoms with van der Waals surface area (Å²) in [7, 11) is 2.22. The minimum Gasteiger partial charge on any atom is -0.307 e. The first kappa shape index (κ1) is 20.4. The van der Waals surface area contributed by atoms with Gasteiger partial charge in [0.1, 0.15) is 7.05 Å². The first-order valence-electron chi connectivity index (χ1n) is 14.0. The molecule has 2 saturated carbocycles. The zero-order chi connectivity index (χ0) is 24.6. The molecule has 3 atom stereocenters. The molecular weight excluding hydrogens is 448 g/mol. The molecular formula is C35H31N2+. The van der Waals surface area contributed by atoms with E-state index in [0.29, 0.717) is 5.92 Å². The highest BCUT2D eigenvalue weighted by Gasteiger charge is 2.41. The quantitative estimate of drug-likeness (QED) is 0.127. The third-order valence-corrected chi connectivity index (χ3v) is 10.4. The highest BCUT2D eigenvalue weighted by atomic mass is 15.0. The van der Waals surface area contributed by atoms with Gasteiger partial charge in [0.15, 0.2) is 6.20 Å². The van der Waals surface area contributed by atoms with Crippen molar-refractivity contribution in [3.8, 4) is 0 Å². The van der Waals surface area contributed by atoms with Crippen LogP contribution in [0.15, 0.2) is 66.9 Å². The third kappa shape index (κ3) is 2.36. The van der Waals surface area contributed by atoms with Crippen LogP contribution in [0.2, 0.25) is 0 Å². The summed E-state index contributed by atoms with van der Waals surface area (Å²) in [6.07, 6.45) is 7.93. The van der Waals surface area contributed by atoms with Gasteiger partial charge in [-0.3, -0.25) is 0 Å². The molecule has 2 fully saturated rings. The van der Waals surface area contributed by atoms with Gasteiger partial charge in [-0.2, -0.15) is 0 Å². The summed E-state index contributed by atoms with van der Waals surface area (Å²) in [6, 6.07) is 23.3. The number of aryl methyl sites for hydroxylation is 3. The lowest BCUT2D eigenvalue weighted by Crippen LogP contribution is -2.29. The van der Waals surface area contributed by atoms with Gasteiger partial charge in [-0.15, -0.1) is 0 Å². The summed E-state index contributed by atoms with van der Waals surface area (Å²) in [6.45, 7) is 4.67. The summed E-state index contributed by atoms with van der Waals surface area (Å²) in [5.41, 5.74) is 9.90. The molecule has 4 aromatic carbocycles. The second-order valence-corrected chi connectivity index (χ2v) is 12.1. The number of hydrogen-bond acceptors (Lipinski definition) is 0. The van der Waals surface area contributed by atoms with Crippen LogP contribution in [0, 0.1) is 25.7 Å². The monoisotopic (exact) mass is 479 g/mol. The van der Waals surface area contributed by atoms with E-state index in [1.54, 1.807) is 5.56 Å². The Balaban J connectivity index is 1.60. The molecule has 2 bridgehead atoms. The van der Waals surface area contributed by atoms with E-state index in [0.717, 1.165) is 11.8 Å². The van der Waals surface area contributed by atoms with E-state index < -0.39 is 0 Å². The summed E-state index contributed by atoms with van der Waals surface area (Å²) >= 11 is 0. The molecule has 7 aromatic rings. The number of fused-ring (bicyclic) bond motifs is 9. The van der Waals surface area contributed by atoms with Crippen LogP contribution in [0.25, 0.3) is 59.8 Å². The van der Waals surface area contributed by atoms with E-state index >= 15 is 0 Å². The zero-order valence-electron chi connectivity index (χ0n) is 21.8. The minimum absolute atomic E-state index is 0.711. The molecule has 37 heavy (non-hydrogen) atoms. The predicted octanol–water partition coefficient (Wildman–Crippen LogP) is 8.49. The Kier molecular flexibility index (Phi) is 3.75. The second-order valence-electron chi connectivity index (χ2n) is 12.1. The molecule has 0 N–H and O–H groups in total. The maximum absolute atomic E-state index is 2.65. The van der Waals surface area contributed by atoms with Gasteiger partial charge in [-0.05, 0) is 89.8 Å². The normalized spacial score (nSPS) is 21.8. The summed E-state index contributed by atoms with van der Waals surface area (Å²) < 4.78 is 5.01. The van der Waals surface area contributed by atoms with Crippen molar-refractivity contribution < 1.29 is 4.57 Å². The molecule has 9 rings (SSSR count). The average Bonchev–Trinajstić information content (AvgIpc) is 3.65. The van der Waals surface area contributed by atoms with Crippen molar-refractivity contribution in [2.75, 3.05) is 0 Å². The molecule has 180 valence electrons. The Morgan fingerprint density at radius 3 is 2.35 bits per heavy atom. The molecule has 2 nitrogen and oxygen atoms in total. The number of pyridine rings is 2. The van der Waals surface area contributed by atoms with E-state index in [1.807, 2.05) is 0 Å². The number of hydrogen-bond donors (Lipinski definition) is 0. The second kappa shape index (κ2) is 6.81. The van der Waals surface area contributed by atoms with Crippen LogP contribution in [0.3, 0.4) is 0 Å². The van der Waals surface area contributed by atoms with Crippen LogP contribution in [0.4, 0.5) is 0 Å². The summed E-state index contributed by atoms with van der Waals surface area (Å²) in [5.74, 6) is 2.52. The van der Waals surface area contributed by atoms with Gasteiger partial charge in [0.25, 0.3) is 0 Å². The lowest BCUT2D eigenvalue weighted by Gasteiger charge is -2.23. The largest absolute Gasteiger partial charge is 0.307 e. The average molecular weight is 480 g/mol. The first-order valence-corrected chi connectivity index (χ1v) is 14.0. The Morgan fingerprint density at radius 1 is 0.730 bits per heavy atom. The van der Waals surface area contributed by atoms with Gasteiger partial charge >= 0.3 is 0 Å². The molecule has 3 heterocycles.